The van der Waals surface area contributed by atoms with E-state index in [1.165, 1.54) is 11.1 Å². The van der Waals surface area contributed by atoms with Gasteiger partial charge in [-0.2, -0.15) is 4.31 Å². The molecule has 0 aliphatic carbocycles. The van der Waals surface area contributed by atoms with E-state index >= 15 is 0 Å². The molecule has 0 unspecified atom stereocenters. The van der Waals surface area contributed by atoms with Crippen molar-refractivity contribution >= 4 is 10.0 Å². The van der Waals surface area contributed by atoms with Gasteiger partial charge in [0.1, 0.15) is 0 Å². The van der Waals surface area contributed by atoms with Crippen LogP contribution in [0.2, 0.25) is 0 Å². The summed E-state index contributed by atoms with van der Waals surface area (Å²) in [7, 11) is -3.54. The second-order valence-electron chi connectivity index (χ2n) is 7.32. The van der Waals surface area contributed by atoms with Gasteiger partial charge in [0, 0.05) is 45.2 Å². The lowest BCUT2D eigenvalue weighted by atomic mass is 10.1. The van der Waals surface area contributed by atoms with E-state index < -0.39 is 10.0 Å². The van der Waals surface area contributed by atoms with Crippen LogP contribution in [-0.4, -0.2) is 57.0 Å². The summed E-state index contributed by atoms with van der Waals surface area (Å²) in [6.07, 6.45) is 0.791. The molecule has 1 saturated heterocycles. The number of hydrogen-bond acceptors (Lipinski definition) is 5. The van der Waals surface area contributed by atoms with Gasteiger partial charge in [-0.1, -0.05) is 29.8 Å². The van der Waals surface area contributed by atoms with Gasteiger partial charge in [0.25, 0.3) is 0 Å². The van der Waals surface area contributed by atoms with Crippen LogP contribution in [-0.2, 0) is 16.6 Å². The molecule has 0 aromatic heterocycles. The molecule has 150 valence electrons. The van der Waals surface area contributed by atoms with E-state index in [9.17, 15) is 8.42 Å². The van der Waals surface area contributed by atoms with E-state index in [4.69, 9.17) is 9.47 Å². The van der Waals surface area contributed by atoms with Crippen LogP contribution in [0.15, 0.2) is 47.4 Å². The summed E-state index contributed by atoms with van der Waals surface area (Å²) in [5, 5.41) is 0. The van der Waals surface area contributed by atoms with Crippen molar-refractivity contribution in [1.29, 1.82) is 0 Å². The van der Waals surface area contributed by atoms with Crippen LogP contribution in [0, 0.1) is 6.92 Å². The quantitative estimate of drug-likeness (QED) is 0.787. The zero-order valence-corrected chi connectivity index (χ0v) is 17.0. The highest BCUT2D eigenvalue weighted by atomic mass is 32.2. The molecule has 2 aliphatic heterocycles. The first kappa shape index (κ1) is 19.2. The van der Waals surface area contributed by atoms with Crippen molar-refractivity contribution in [2.45, 2.75) is 24.8 Å². The molecule has 0 spiro atoms. The Kier molecular flexibility index (Phi) is 5.57. The molecule has 0 bridgehead atoms. The SMILES string of the molecule is Cc1ccc(CN2CCN(S(=O)(=O)c3ccc4c(c3)OCCCO4)CC2)cc1. The van der Waals surface area contributed by atoms with Gasteiger partial charge in [-0.3, -0.25) is 4.90 Å². The summed E-state index contributed by atoms with van der Waals surface area (Å²) in [5.41, 5.74) is 2.50. The maximum Gasteiger partial charge on any atom is 0.243 e. The minimum absolute atomic E-state index is 0.267. The minimum atomic E-state index is -3.54. The lowest BCUT2D eigenvalue weighted by Crippen LogP contribution is -2.48. The van der Waals surface area contributed by atoms with Crippen molar-refractivity contribution in [2.24, 2.45) is 0 Å². The average molecular weight is 403 g/mol. The number of nitrogens with zero attached hydrogens (tertiary/aromatic N) is 2. The Balaban J connectivity index is 1.42. The summed E-state index contributed by atoms with van der Waals surface area (Å²) in [6, 6.07) is 13.4. The Labute approximate surface area is 166 Å². The van der Waals surface area contributed by atoms with Crippen molar-refractivity contribution in [3.8, 4) is 11.5 Å². The van der Waals surface area contributed by atoms with Crippen molar-refractivity contribution in [1.82, 2.24) is 9.21 Å². The Hall–Kier alpha value is -2.09. The Bertz CT molecular complexity index is 920. The Morgan fingerprint density at radius 1 is 0.893 bits per heavy atom. The number of piperazine rings is 1. The maximum absolute atomic E-state index is 13.1. The van der Waals surface area contributed by atoms with E-state index in [0.717, 1.165) is 26.1 Å². The normalized spacial score (nSPS) is 18.6. The number of ether oxygens (including phenoxy) is 2. The largest absolute Gasteiger partial charge is 0.490 e. The third-order valence-corrected chi connectivity index (χ3v) is 7.11. The van der Waals surface area contributed by atoms with E-state index in [2.05, 4.69) is 36.1 Å². The second-order valence-corrected chi connectivity index (χ2v) is 9.26. The predicted molar refractivity (Wildman–Crippen MR) is 107 cm³/mol. The molecule has 0 atom stereocenters. The molecule has 4 rings (SSSR count). The molecule has 0 radical (unpaired) electrons. The van der Waals surface area contributed by atoms with Crippen LogP contribution in [0.5, 0.6) is 11.5 Å². The summed E-state index contributed by atoms with van der Waals surface area (Å²) in [4.78, 5) is 2.56. The fourth-order valence-electron chi connectivity index (χ4n) is 3.53. The van der Waals surface area contributed by atoms with Crippen LogP contribution < -0.4 is 9.47 Å². The zero-order chi connectivity index (χ0) is 19.6. The molecule has 28 heavy (non-hydrogen) atoms. The van der Waals surface area contributed by atoms with Gasteiger partial charge in [0.2, 0.25) is 10.0 Å². The molecule has 1 fully saturated rings. The first-order valence-corrected chi connectivity index (χ1v) is 11.1. The number of benzene rings is 2. The first-order chi connectivity index (χ1) is 13.5. The molecule has 0 N–H and O–H groups in total. The molecule has 2 heterocycles. The number of rotatable bonds is 4. The molecule has 7 heteroatoms. The van der Waals surface area contributed by atoms with E-state index in [1.54, 1.807) is 22.5 Å². The number of hydrogen-bond donors (Lipinski definition) is 0. The van der Waals surface area contributed by atoms with E-state index in [1.807, 2.05) is 0 Å². The highest BCUT2D eigenvalue weighted by Crippen LogP contribution is 2.33. The fraction of sp³-hybridized carbons (Fsp3) is 0.429. The summed E-state index contributed by atoms with van der Waals surface area (Å²) in [6.45, 7) is 6.46. The fourth-order valence-corrected chi connectivity index (χ4v) is 4.97. The second kappa shape index (κ2) is 8.11. The average Bonchev–Trinajstić information content (AvgIpc) is 2.95. The van der Waals surface area contributed by atoms with Gasteiger partial charge in [-0.15, -0.1) is 0 Å². The molecular weight excluding hydrogens is 376 g/mol. The number of aryl methyl sites for hydroxylation is 1. The molecule has 2 aromatic rings. The van der Waals surface area contributed by atoms with Crippen molar-refractivity contribution < 1.29 is 17.9 Å². The molecule has 0 saturated carbocycles. The molecule has 6 nitrogen and oxygen atoms in total. The van der Waals surface area contributed by atoms with Crippen LogP contribution in [0.1, 0.15) is 17.5 Å². The molecular formula is C21H26N2O4S. The van der Waals surface area contributed by atoms with Crippen molar-refractivity contribution in [3.05, 3.63) is 53.6 Å². The molecule has 0 amide bonds. The minimum Gasteiger partial charge on any atom is -0.490 e. The van der Waals surface area contributed by atoms with E-state index in [0.29, 0.717) is 37.8 Å². The highest BCUT2D eigenvalue weighted by molar-refractivity contribution is 7.89. The first-order valence-electron chi connectivity index (χ1n) is 9.70. The predicted octanol–water partition coefficient (Wildman–Crippen LogP) is 2.66. The van der Waals surface area contributed by atoms with Gasteiger partial charge >= 0.3 is 0 Å². The van der Waals surface area contributed by atoms with Gasteiger partial charge in [0.15, 0.2) is 11.5 Å². The smallest absolute Gasteiger partial charge is 0.243 e. The third kappa shape index (κ3) is 4.16. The molecule has 2 aromatic carbocycles. The van der Waals surface area contributed by atoms with Gasteiger partial charge in [0.05, 0.1) is 18.1 Å². The van der Waals surface area contributed by atoms with Gasteiger partial charge < -0.3 is 9.47 Å². The standard InChI is InChI=1S/C21H26N2O4S/c1-17-3-5-18(6-4-17)16-22-9-11-23(12-10-22)28(24,25)19-7-8-20-21(15-19)27-14-2-13-26-20/h3-8,15H,2,9-14,16H2,1H3. The number of fused-ring (bicyclic) bond motifs is 1. The third-order valence-electron chi connectivity index (χ3n) is 5.21. The maximum atomic E-state index is 13.1. The lowest BCUT2D eigenvalue weighted by Gasteiger charge is -2.34. The summed E-state index contributed by atoms with van der Waals surface area (Å²) < 4.78 is 39.0. The van der Waals surface area contributed by atoms with Gasteiger partial charge in [-0.25, -0.2) is 8.42 Å². The van der Waals surface area contributed by atoms with E-state index in [-0.39, 0.29) is 4.90 Å². The van der Waals surface area contributed by atoms with Crippen LogP contribution >= 0.6 is 0 Å². The van der Waals surface area contributed by atoms with Crippen LogP contribution in [0.3, 0.4) is 0 Å². The topological polar surface area (TPSA) is 59.1 Å². The Morgan fingerprint density at radius 2 is 1.57 bits per heavy atom. The van der Waals surface area contributed by atoms with Crippen molar-refractivity contribution in [3.63, 3.8) is 0 Å². The number of sulfonamides is 1. The lowest BCUT2D eigenvalue weighted by molar-refractivity contribution is 0.181. The summed E-state index contributed by atoms with van der Waals surface area (Å²) >= 11 is 0. The monoisotopic (exact) mass is 402 g/mol. The summed E-state index contributed by atoms with van der Waals surface area (Å²) in [5.74, 6) is 1.12. The Morgan fingerprint density at radius 3 is 2.29 bits per heavy atom. The van der Waals surface area contributed by atoms with Crippen LogP contribution in [0.4, 0.5) is 0 Å². The molecule has 2 aliphatic rings. The van der Waals surface area contributed by atoms with Crippen molar-refractivity contribution in [2.75, 3.05) is 39.4 Å². The highest BCUT2D eigenvalue weighted by Gasteiger charge is 2.29. The zero-order valence-electron chi connectivity index (χ0n) is 16.1. The van der Waals surface area contributed by atoms with Crippen LogP contribution in [0.25, 0.3) is 0 Å². The van der Waals surface area contributed by atoms with Gasteiger partial charge in [-0.05, 0) is 24.6 Å².